The average molecular weight is 452 g/mol. The fourth-order valence-corrected chi connectivity index (χ4v) is 4.80. The van der Waals surface area contributed by atoms with Crippen molar-refractivity contribution < 1.29 is 4.92 Å². The minimum Gasteiger partial charge on any atom is -0.258 e. The van der Waals surface area contributed by atoms with E-state index in [1.807, 2.05) is 84.9 Å². The first-order chi connectivity index (χ1) is 17.2. The zero-order valence-corrected chi connectivity index (χ0v) is 18.9. The number of nitro groups is 1. The Bertz CT molecular complexity index is 1720. The maximum atomic E-state index is 12.4. The number of fused-ring (bicyclic) bond motifs is 2. The number of hydrogen-bond acceptors (Lipinski definition) is 2. The molecule has 0 aromatic heterocycles. The van der Waals surface area contributed by atoms with Crippen molar-refractivity contribution in [1.29, 1.82) is 0 Å². The molecular weight excluding hydrogens is 430 g/mol. The predicted molar refractivity (Wildman–Crippen MR) is 144 cm³/mol. The van der Waals surface area contributed by atoms with E-state index in [2.05, 4.69) is 36.4 Å². The van der Waals surface area contributed by atoms with E-state index in [0.717, 1.165) is 49.4 Å². The summed E-state index contributed by atoms with van der Waals surface area (Å²) in [5, 5.41) is 16.8. The van der Waals surface area contributed by atoms with E-state index in [4.69, 9.17) is 0 Å². The van der Waals surface area contributed by atoms with Crippen molar-refractivity contribution in [3.05, 3.63) is 138 Å². The Balaban J connectivity index is 1.65. The van der Waals surface area contributed by atoms with Crippen molar-refractivity contribution in [3.8, 4) is 33.4 Å². The van der Waals surface area contributed by atoms with Crippen LogP contribution in [0.15, 0.2) is 127 Å². The summed E-state index contributed by atoms with van der Waals surface area (Å²) < 4.78 is 0. The molecule has 0 N–H and O–H groups in total. The topological polar surface area (TPSA) is 43.1 Å². The minimum atomic E-state index is -0.262. The first kappa shape index (κ1) is 20.8. The number of nitro benzene ring substituents is 1. The maximum absolute atomic E-state index is 12.4. The number of benzene rings is 6. The Morgan fingerprint density at radius 1 is 0.457 bits per heavy atom. The summed E-state index contributed by atoms with van der Waals surface area (Å²) in [6.07, 6.45) is 0. The first-order valence-corrected chi connectivity index (χ1v) is 11.5. The van der Waals surface area contributed by atoms with E-state index in [1.165, 1.54) is 0 Å². The van der Waals surface area contributed by atoms with Gasteiger partial charge in [-0.1, -0.05) is 103 Å². The molecule has 0 spiro atoms. The second-order valence-electron chi connectivity index (χ2n) is 8.66. The summed E-state index contributed by atoms with van der Waals surface area (Å²) in [4.78, 5) is 12.2. The molecule has 0 radical (unpaired) electrons. The van der Waals surface area contributed by atoms with Crippen LogP contribution >= 0.6 is 0 Å². The molecule has 0 aliphatic carbocycles. The van der Waals surface area contributed by atoms with Crippen molar-refractivity contribution in [3.63, 3.8) is 0 Å². The van der Waals surface area contributed by atoms with E-state index < -0.39 is 0 Å². The van der Waals surface area contributed by atoms with Gasteiger partial charge in [-0.25, -0.2) is 0 Å². The molecule has 0 bridgehead atoms. The standard InChI is InChI=1S/C32H21NO2/c34-33(35)31-21-29(27-16-14-22-8-4-6-12-25(22)18-27)20-30(24-10-2-1-3-11-24)32(31)28-17-15-23-9-5-7-13-26(23)19-28/h1-21H. The summed E-state index contributed by atoms with van der Waals surface area (Å²) in [5.41, 5.74) is 5.14. The summed E-state index contributed by atoms with van der Waals surface area (Å²) in [6, 6.07) is 42.2. The maximum Gasteiger partial charge on any atom is 0.278 e. The lowest BCUT2D eigenvalue weighted by Gasteiger charge is -2.15. The highest BCUT2D eigenvalue weighted by Gasteiger charge is 2.23. The average Bonchev–Trinajstić information content (AvgIpc) is 2.92. The summed E-state index contributed by atoms with van der Waals surface area (Å²) >= 11 is 0. The second kappa shape index (κ2) is 8.54. The third-order valence-electron chi connectivity index (χ3n) is 6.52. The van der Waals surface area contributed by atoms with Crippen molar-refractivity contribution in [2.75, 3.05) is 0 Å². The minimum absolute atomic E-state index is 0.102. The Kier molecular flexibility index (Phi) is 5.08. The molecule has 0 amide bonds. The van der Waals surface area contributed by atoms with E-state index >= 15 is 0 Å². The van der Waals surface area contributed by atoms with E-state index in [1.54, 1.807) is 6.07 Å². The van der Waals surface area contributed by atoms with Crippen LogP contribution in [0.25, 0.3) is 54.9 Å². The van der Waals surface area contributed by atoms with Crippen LogP contribution in [0, 0.1) is 10.1 Å². The van der Waals surface area contributed by atoms with Gasteiger partial charge in [0.15, 0.2) is 0 Å². The Morgan fingerprint density at radius 3 is 1.63 bits per heavy atom. The summed E-state index contributed by atoms with van der Waals surface area (Å²) in [6.45, 7) is 0. The Morgan fingerprint density at radius 2 is 1.00 bits per heavy atom. The molecule has 166 valence electrons. The zero-order valence-electron chi connectivity index (χ0n) is 18.9. The smallest absolute Gasteiger partial charge is 0.258 e. The fraction of sp³-hybridized carbons (Fsp3) is 0. The lowest BCUT2D eigenvalue weighted by Crippen LogP contribution is -1.97. The van der Waals surface area contributed by atoms with Crippen LogP contribution in [-0.2, 0) is 0 Å². The molecule has 6 rings (SSSR count). The van der Waals surface area contributed by atoms with Gasteiger partial charge in [-0.05, 0) is 67.6 Å². The van der Waals surface area contributed by atoms with Crippen molar-refractivity contribution in [1.82, 2.24) is 0 Å². The molecule has 0 aliphatic heterocycles. The monoisotopic (exact) mass is 451 g/mol. The second-order valence-corrected chi connectivity index (χ2v) is 8.66. The van der Waals surface area contributed by atoms with Crippen LogP contribution in [0.2, 0.25) is 0 Å². The number of rotatable bonds is 4. The van der Waals surface area contributed by atoms with Gasteiger partial charge in [0.05, 0.1) is 10.5 Å². The van der Waals surface area contributed by atoms with Crippen molar-refractivity contribution in [2.45, 2.75) is 0 Å². The molecule has 35 heavy (non-hydrogen) atoms. The van der Waals surface area contributed by atoms with Crippen LogP contribution in [-0.4, -0.2) is 4.92 Å². The van der Waals surface area contributed by atoms with Crippen LogP contribution in [0.5, 0.6) is 0 Å². The van der Waals surface area contributed by atoms with E-state index in [0.29, 0.717) is 5.56 Å². The van der Waals surface area contributed by atoms with Gasteiger partial charge in [-0.3, -0.25) is 10.1 Å². The molecule has 0 saturated heterocycles. The van der Waals surface area contributed by atoms with Gasteiger partial charge in [0, 0.05) is 6.07 Å². The molecule has 6 aromatic carbocycles. The third-order valence-corrected chi connectivity index (χ3v) is 6.52. The molecule has 0 unspecified atom stereocenters. The largest absolute Gasteiger partial charge is 0.278 e. The highest BCUT2D eigenvalue weighted by molar-refractivity contribution is 5.97. The number of nitrogens with zero attached hydrogens (tertiary/aromatic N) is 1. The Hall–Kier alpha value is -4.76. The summed E-state index contributed by atoms with van der Waals surface area (Å²) in [5.74, 6) is 0. The molecular formula is C32H21NO2. The Labute approximate surface area is 203 Å². The van der Waals surface area contributed by atoms with Crippen LogP contribution in [0.4, 0.5) is 5.69 Å². The van der Waals surface area contributed by atoms with Crippen LogP contribution in [0.3, 0.4) is 0 Å². The molecule has 0 heterocycles. The highest BCUT2D eigenvalue weighted by Crippen LogP contribution is 2.43. The fourth-order valence-electron chi connectivity index (χ4n) is 4.80. The van der Waals surface area contributed by atoms with Gasteiger partial charge in [-0.2, -0.15) is 0 Å². The van der Waals surface area contributed by atoms with Gasteiger partial charge in [-0.15, -0.1) is 0 Å². The molecule has 0 fully saturated rings. The molecule has 6 aromatic rings. The van der Waals surface area contributed by atoms with Crippen LogP contribution in [0.1, 0.15) is 0 Å². The number of hydrogen-bond donors (Lipinski definition) is 0. The lowest BCUT2D eigenvalue weighted by atomic mass is 9.88. The van der Waals surface area contributed by atoms with E-state index in [9.17, 15) is 10.1 Å². The molecule has 3 nitrogen and oxygen atoms in total. The van der Waals surface area contributed by atoms with Gasteiger partial charge in [0.25, 0.3) is 5.69 Å². The SMILES string of the molecule is O=[N+]([O-])c1cc(-c2ccc3ccccc3c2)cc(-c2ccccc2)c1-c1ccc2ccccc2c1. The molecule has 0 atom stereocenters. The first-order valence-electron chi connectivity index (χ1n) is 11.5. The van der Waals surface area contributed by atoms with Crippen LogP contribution < -0.4 is 0 Å². The van der Waals surface area contributed by atoms with Gasteiger partial charge in [0.1, 0.15) is 0 Å². The molecule has 0 aliphatic rings. The van der Waals surface area contributed by atoms with Gasteiger partial charge >= 0.3 is 0 Å². The van der Waals surface area contributed by atoms with Crippen molar-refractivity contribution in [2.24, 2.45) is 0 Å². The highest BCUT2D eigenvalue weighted by atomic mass is 16.6. The van der Waals surface area contributed by atoms with E-state index in [-0.39, 0.29) is 10.6 Å². The normalized spacial score (nSPS) is 11.1. The summed E-state index contributed by atoms with van der Waals surface area (Å²) in [7, 11) is 0. The molecule has 0 saturated carbocycles. The van der Waals surface area contributed by atoms with Gasteiger partial charge < -0.3 is 0 Å². The quantitative estimate of drug-likeness (QED) is 0.198. The predicted octanol–water partition coefficient (Wildman–Crippen LogP) is 8.90. The molecule has 3 heteroatoms. The zero-order chi connectivity index (χ0) is 23.8. The lowest BCUT2D eigenvalue weighted by molar-refractivity contribution is -0.384. The van der Waals surface area contributed by atoms with Crippen molar-refractivity contribution >= 4 is 27.2 Å². The van der Waals surface area contributed by atoms with Gasteiger partial charge in [0.2, 0.25) is 0 Å². The third kappa shape index (κ3) is 3.83.